The second kappa shape index (κ2) is 8.43. The molecule has 0 atom stereocenters. The molecular formula is C20H21F2NO5S2. The van der Waals surface area contributed by atoms with Gasteiger partial charge in [-0.25, -0.2) is 25.6 Å². The summed E-state index contributed by atoms with van der Waals surface area (Å²) in [7, 11) is -7.32. The number of sulfone groups is 2. The van der Waals surface area contributed by atoms with Crippen molar-refractivity contribution in [3.8, 4) is 0 Å². The second-order valence-electron chi connectivity index (χ2n) is 7.38. The fourth-order valence-electron chi connectivity index (χ4n) is 3.51. The third-order valence-electron chi connectivity index (χ3n) is 5.10. The van der Waals surface area contributed by atoms with Crippen LogP contribution in [0.2, 0.25) is 0 Å². The van der Waals surface area contributed by atoms with Crippen LogP contribution in [0.4, 0.5) is 8.78 Å². The Balaban J connectivity index is 1.70. The van der Waals surface area contributed by atoms with Crippen LogP contribution >= 0.6 is 0 Å². The van der Waals surface area contributed by atoms with Crippen LogP contribution in [0, 0.1) is 17.6 Å². The number of hydrogen-bond acceptors (Lipinski definition) is 5. The first kappa shape index (κ1) is 22.4. The molecule has 3 rings (SSSR count). The van der Waals surface area contributed by atoms with Gasteiger partial charge in [0.2, 0.25) is 0 Å². The van der Waals surface area contributed by atoms with Crippen LogP contribution in [-0.2, 0) is 19.7 Å². The average molecular weight is 458 g/mol. The first-order chi connectivity index (χ1) is 14.0. The van der Waals surface area contributed by atoms with Crippen LogP contribution in [0.5, 0.6) is 0 Å². The Morgan fingerprint density at radius 2 is 1.53 bits per heavy atom. The number of amides is 1. The number of nitrogens with zero attached hydrogens (tertiary/aromatic N) is 1. The van der Waals surface area contributed by atoms with Gasteiger partial charge in [-0.3, -0.25) is 4.79 Å². The maximum atomic E-state index is 13.6. The van der Waals surface area contributed by atoms with Crippen LogP contribution in [-0.4, -0.2) is 52.7 Å². The summed E-state index contributed by atoms with van der Waals surface area (Å²) in [6, 6.07) is 7.59. The lowest BCUT2D eigenvalue weighted by atomic mass is 9.98. The Labute approximate surface area is 174 Å². The van der Waals surface area contributed by atoms with Crippen molar-refractivity contribution in [2.75, 3.05) is 25.1 Å². The summed E-state index contributed by atoms with van der Waals surface area (Å²) in [4.78, 5) is 14.0. The third kappa shape index (κ3) is 5.04. The van der Waals surface area contributed by atoms with Gasteiger partial charge in [-0.2, -0.15) is 0 Å². The van der Waals surface area contributed by atoms with Gasteiger partial charge >= 0.3 is 0 Å². The molecule has 2 aromatic carbocycles. The van der Waals surface area contributed by atoms with Gasteiger partial charge in [-0.05, 0) is 61.2 Å². The first-order valence-electron chi connectivity index (χ1n) is 9.24. The van der Waals surface area contributed by atoms with Crippen LogP contribution in [0.1, 0.15) is 23.2 Å². The van der Waals surface area contributed by atoms with Crippen molar-refractivity contribution in [1.29, 1.82) is 0 Å². The number of hydrogen-bond donors (Lipinski definition) is 0. The van der Waals surface area contributed by atoms with E-state index in [1.54, 1.807) is 0 Å². The van der Waals surface area contributed by atoms with Gasteiger partial charge in [0, 0.05) is 19.3 Å². The maximum Gasteiger partial charge on any atom is 0.255 e. The predicted octanol–water partition coefficient (Wildman–Crippen LogP) is 2.69. The monoisotopic (exact) mass is 457 g/mol. The highest BCUT2D eigenvalue weighted by molar-refractivity contribution is 7.91. The first-order valence-corrected chi connectivity index (χ1v) is 12.8. The van der Waals surface area contributed by atoms with E-state index in [0.717, 1.165) is 36.6 Å². The summed E-state index contributed by atoms with van der Waals surface area (Å²) in [5.41, 5.74) is -0.227. The van der Waals surface area contributed by atoms with Crippen molar-refractivity contribution in [3.05, 3.63) is 59.7 Å². The molecular weight excluding hydrogens is 436 g/mol. The van der Waals surface area contributed by atoms with Gasteiger partial charge in [0.05, 0.1) is 21.1 Å². The molecule has 0 N–H and O–H groups in total. The van der Waals surface area contributed by atoms with Crippen molar-refractivity contribution < 1.29 is 30.4 Å². The summed E-state index contributed by atoms with van der Waals surface area (Å²) in [5.74, 6) is -2.17. The molecule has 0 bridgehead atoms. The van der Waals surface area contributed by atoms with E-state index < -0.39 is 37.2 Å². The van der Waals surface area contributed by atoms with E-state index in [4.69, 9.17) is 0 Å². The number of carbonyl (C=O) groups is 1. The Kier molecular flexibility index (Phi) is 6.28. The summed E-state index contributed by atoms with van der Waals surface area (Å²) < 4.78 is 75.6. The molecule has 1 aliphatic rings. The van der Waals surface area contributed by atoms with E-state index in [0.29, 0.717) is 12.8 Å². The SMILES string of the molecule is CS(=O)(=O)c1ccc(F)cc1C(=O)N1CCC(CS(=O)(=O)c2ccc(F)cc2)CC1. The van der Waals surface area contributed by atoms with Crippen molar-refractivity contribution >= 4 is 25.6 Å². The minimum atomic E-state index is -3.72. The Bertz CT molecular complexity index is 1150. The lowest BCUT2D eigenvalue weighted by molar-refractivity contribution is 0.0694. The largest absolute Gasteiger partial charge is 0.339 e. The van der Waals surface area contributed by atoms with Gasteiger partial charge in [0.25, 0.3) is 5.91 Å². The molecule has 162 valence electrons. The highest BCUT2D eigenvalue weighted by Crippen LogP contribution is 2.26. The molecule has 0 spiro atoms. The van der Waals surface area contributed by atoms with Crippen LogP contribution in [0.3, 0.4) is 0 Å². The molecule has 0 aromatic heterocycles. The quantitative estimate of drug-likeness (QED) is 0.644. The molecule has 0 saturated carbocycles. The number of benzene rings is 2. The smallest absolute Gasteiger partial charge is 0.255 e. The highest BCUT2D eigenvalue weighted by atomic mass is 32.2. The number of rotatable bonds is 5. The minimum absolute atomic E-state index is 0.0416. The predicted molar refractivity (Wildman–Crippen MR) is 107 cm³/mol. The normalized spacial score (nSPS) is 15.9. The summed E-state index contributed by atoms with van der Waals surface area (Å²) in [5, 5.41) is 0. The number of carbonyl (C=O) groups excluding carboxylic acids is 1. The van der Waals surface area contributed by atoms with E-state index in [2.05, 4.69) is 0 Å². The van der Waals surface area contributed by atoms with E-state index in [-0.39, 0.29) is 40.1 Å². The molecule has 1 heterocycles. The number of piperidine rings is 1. The fourth-order valence-corrected chi connectivity index (χ4v) is 6.07. The topological polar surface area (TPSA) is 88.6 Å². The summed E-state index contributed by atoms with van der Waals surface area (Å²) in [6.07, 6.45) is 1.74. The molecule has 1 amide bonds. The molecule has 1 fully saturated rings. The lowest BCUT2D eigenvalue weighted by Gasteiger charge is -2.32. The van der Waals surface area contributed by atoms with E-state index in [1.807, 2.05) is 0 Å². The van der Waals surface area contributed by atoms with Crippen molar-refractivity contribution in [2.24, 2.45) is 5.92 Å². The summed E-state index contributed by atoms with van der Waals surface area (Å²) in [6.45, 7) is 0.449. The second-order valence-corrected chi connectivity index (χ2v) is 11.4. The van der Waals surface area contributed by atoms with Gasteiger partial charge < -0.3 is 4.90 Å². The third-order valence-corrected chi connectivity index (χ3v) is 8.16. The molecule has 0 unspecified atom stereocenters. The Hall–Kier alpha value is -2.33. The van der Waals surface area contributed by atoms with Gasteiger partial charge in [0.15, 0.2) is 19.7 Å². The standard InChI is InChI=1S/C20H21F2NO5S2/c1-29(25,26)19-7-4-16(22)12-18(19)20(24)23-10-8-14(9-11-23)13-30(27,28)17-5-2-15(21)3-6-17/h2-7,12,14H,8-11,13H2,1H3. The van der Waals surface area contributed by atoms with Gasteiger partial charge in [-0.15, -0.1) is 0 Å². The molecule has 30 heavy (non-hydrogen) atoms. The van der Waals surface area contributed by atoms with Crippen molar-refractivity contribution in [3.63, 3.8) is 0 Å². The number of halogens is 2. The van der Waals surface area contributed by atoms with Crippen molar-refractivity contribution in [1.82, 2.24) is 4.90 Å². The minimum Gasteiger partial charge on any atom is -0.339 e. The van der Waals surface area contributed by atoms with Crippen molar-refractivity contribution in [2.45, 2.75) is 22.6 Å². The Morgan fingerprint density at radius 1 is 0.967 bits per heavy atom. The number of likely N-dealkylation sites (tertiary alicyclic amines) is 1. The molecule has 1 aliphatic heterocycles. The van der Waals surface area contributed by atoms with E-state index in [9.17, 15) is 30.4 Å². The van der Waals surface area contributed by atoms with Gasteiger partial charge in [0.1, 0.15) is 11.6 Å². The van der Waals surface area contributed by atoms with Crippen LogP contribution in [0.25, 0.3) is 0 Å². The zero-order valence-electron chi connectivity index (χ0n) is 16.2. The molecule has 6 nitrogen and oxygen atoms in total. The van der Waals surface area contributed by atoms with E-state index in [1.165, 1.54) is 17.0 Å². The molecule has 10 heteroatoms. The molecule has 0 radical (unpaired) electrons. The average Bonchev–Trinajstić information content (AvgIpc) is 2.67. The zero-order chi connectivity index (χ0) is 22.1. The Morgan fingerprint density at radius 3 is 2.10 bits per heavy atom. The molecule has 1 saturated heterocycles. The lowest BCUT2D eigenvalue weighted by Crippen LogP contribution is -2.40. The van der Waals surface area contributed by atoms with Crippen LogP contribution < -0.4 is 0 Å². The van der Waals surface area contributed by atoms with Gasteiger partial charge in [-0.1, -0.05) is 0 Å². The van der Waals surface area contributed by atoms with E-state index >= 15 is 0 Å². The molecule has 0 aliphatic carbocycles. The highest BCUT2D eigenvalue weighted by Gasteiger charge is 2.30. The summed E-state index contributed by atoms with van der Waals surface area (Å²) >= 11 is 0. The van der Waals surface area contributed by atoms with Crippen LogP contribution in [0.15, 0.2) is 52.3 Å². The fraction of sp³-hybridized carbons (Fsp3) is 0.350. The molecule has 2 aromatic rings. The maximum absolute atomic E-state index is 13.6. The zero-order valence-corrected chi connectivity index (χ0v) is 17.8.